The molecule has 1 saturated heterocycles. The van der Waals surface area contributed by atoms with Crippen molar-refractivity contribution in [1.82, 2.24) is 4.31 Å². The lowest BCUT2D eigenvalue weighted by atomic mass is 9.85. The molecule has 96 valence electrons. The summed E-state index contributed by atoms with van der Waals surface area (Å²) in [6, 6.07) is 0. The zero-order chi connectivity index (χ0) is 12.2. The van der Waals surface area contributed by atoms with E-state index in [4.69, 9.17) is 5.11 Å². The molecule has 0 radical (unpaired) electrons. The van der Waals surface area contributed by atoms with E-state index in [-0.39, 0.29) is 17.8 Å². The van der Waals surface area contributed by atoms with Crippen LogP contribution in [0.15, 0.2) is 0 Å². The maximum atomic E-state index is 11.9. The van der Waals surface area contributed by atoms with Gasteiger partial charge in [-0.1, -0.05) is 13.8 Å². The van der Waals surface area contributed by atoms with E-state index in [1.165, 1.54) is 0 Å². The van der Waals surface area contributed by atoms with Gasteiger partial charge in [0, 0.05) is 19.7 Å². The fourth-order valence-corrected chi connectivity index (χ4v) is 3.58. The highest BCUT2D eigenvalue weighted by atomic mass is 32.2. The average molecular weight is 249 g/mol. The Morgan fingerprint density at radius 1 is 1.25 bits per heavy atom. The van der Waals surface area contributed by atoms with Crippen LogP contribution in [0, 0.1) is 5.41 Å². The smallest absolute Gasteiger partial charge is 0.214 e. The van der Waals surface area contributed by atoms with E-state index in [0.717, 1.165) is 19.3 Å². The van der Waals surface area contributed by atoms with Gasteiger partial charge in [0.1, 0.15) is 0 Å². The third kappa shape index (κ3) is 4.03. The molecular weight excluding hydrogens is 226 g/mol. The van der Waals surface area contributed by atoms with Crippen molar-refractivity contribution < 1.29 is 13.5 Å². The highest BCUT2D eigenvalue weighted by Crippen LogP contribution is 2.30. The third-order valence-electron chi connectivity index (χ3n) is 3.25. The Morgan fingerprint density at radius 3 is 2.56 bits per heavy atom. The first kappa shape index (κ1) is 13.9. The Bertz CT molecular complexity index is 311. The van der Waals surface area contributed by atoms with Crippen LogP contribution >= 0.6 is 0 Å². The maximum Gasteiger partial charge on any atom is 0.214 e. The Balaban J connectivity index is 2.60. The van der Waals surface area contributed by atoms with E-state index in [2.05, 4.69) is 13.8 Å². The monoisotopic (exact) mass is 249 g/mol. The molecule has 1 heterocycles. The lowest BCUT2D eigenvalue weighted by Gasteiger charge is -2.23. The fourth-order valence-electron chi connectivity index (χ4n) is 2.05. The highest BCUT2D eigenvalue weighted by Gasteiger charge is 2.28. The molecule has 1 aliphatic heterocycles. The Kier molecular flexibility index (Phi) is 4.76. The molecule has 0 amide bonds. The van der Waals surface area contributed by atoms with E-state index in [0.29, 0.717) is 19.5 Å². The topological polar surface area (TPSA) is 57.6 Å². The van der Waals surface area contributed by atoms with Gasteiger partial charge in [0.2, 0.25) is 10.0 Å². The van der Waals surface area contributed by atoms with Crippen molar-refractivity contribution in [3.05, 3.63) is 0 Å². The average Bonchev–Trinajstić information content (AvgIpc) is 2.36. The van der Waals surface area contributed by atoms with E-state index in [1.807, 2.05) is 0 Å². The summed E-state index contributed by atoms with van der Waals surface area (Å²) in [7, 11) is -3.15. The number of aliphatic hydroxyl groups is 1. The SMILES string of the molecule is CC1(C)CCCN(S(=O)(=O)CCCO)CC1. The lowest BCUT2D eigenvalue weighted by Crippen LogP contribution is -2.34. The van der Waals surface area contributed by atoms with Gasteiger partial charge >= 0.3 is 0 Å². The molecule has 0 bridgehead atoms. The lowest BCUT2D eigenvalue weighted by molar-refractivity contribution is 0.293. The number of sulfonamides is 1. The van der Waals surface area contributed by atoms with E-state index in [1.54, 1.807) is 4.31 Å². The minimum Gasteiger partial charge on any atom is -0.396 e. The summed E-state index contributed by atoms with van der Waals surface area (Å²) < 4.78 is 25.4. The fraction of sp³-hybridized carbons (Fsp3) is 1.00. The Labute approximate surface area is 98.7 Å². The summed E-state index contributed by atoms with van der Waals surface area (Å²) in [6.45, 7) is 5.59. The van der Waals surface area contributed by atoms with E-state index >= 15 is 0 Å². The van der Waals surface area contributed by atoms with Crippen LogP contribution in [-0.2, 0) is 10.0 Å². The van der Waals surface area contributed by atoms with Crippen LogP contribution in [0.25, 0.3) is 0 Å². The summed E-state index contributed by atoms with van der Waals surface area (Å²) >= 11 is 0. The van der Waals surface area contributed by atoms with Gasteiger partial charge in [-0.25, -0.2) is 12.7 Å². The van der Waals surface area contributed by atoms with Crippen molar-refractivity contribution in [2.75, 3.05) is 25.4 Å². The zero-order valence-corrected chi connectivity index (χ0v) is 11.1. The van der Waals surface area contributed by atoms with Gasteiger partial charge in [-0.15, -0.1) is 0 Å². The molecular formula is C11H23NO3S. The van der Waals surface area contributed by atoms with Gasteiger partial charge in [-0.05, 0) is 31.1 Å². The van der Waals surface area contributed by atoms with Crippen molar-refractivity contribution in [2.24, 2.45) is 5.41 Å². The molecule has 0 aromatic carbocycles. The molecule has 0 atom stereocenters. The molecule has 0 spiro atoms. The molecule has 1 rings (SSSR count). The maximum absolute atomic E-state index is 11.9. The van der Waals surface area contributed by atoms with Gasteiger partial charge < -0.3 is 5.11 Å². The molecule has 0 aliphatic carbocycles. The molecule has 5 heteroatoms. The quantitative estimate of drug-likeness (QED) is 0.815. The van der Waals surface area contributed by atoms with Gasteiger partial charge in [-0.2, -0.15) is 0 Å². The minimum atomic E-state index is -3.15. The van der Waals surface area contributed by atoms with Crippen LogP contribution in [0.2, 0.25) is 0 Å². The van der Waals surface area contributed by atoms with Crippen molar-refractivity contribution in [1.29, 1.82) is 0 Å². The van der Waals surface area contributed by atoms with Crippen molar-refractivity contribution in [3.63, 3.8) is 0 Å². The molecule has 0 aromatic heterocycles. The summed E-state index contributed by atoms with van der Waals surface area (Å²) in [5, 5.41) is 8.68. The van der Waals surface area contributed by atoms with Gasteiger partial charge in [0.15, 0.2) is 0 Å². The summed E-state index contributed by atoms with van der Waals surface area (Å²) in [4.78, 5) is 0. The number of aliphatic hydroxyl groups excluding tert-OH is 1. The van der Waals surface area contributed by atoms with Gasteiger partial charge in [-0.3, -0.25) is 0 Å². The van der Waals surface area contributed by atoms with Gasteiger partial charge in [0.25, 0.3) is 0 Å². The normalized spacial score (nSPS) is 22.9. The molecule has 1 aliphatic rings. The standard InChI is InChI=1S/C11H23NO3S/c1-11(2)5-3-7-12(8-6-11)16(14,15)10-4-9-13/h13H,3-10H2,1-2H3. The van der Waals surface area contributed by atoms with Crippen LogP contribution in [0.5, 0.6) is 0 Å². The van der Waals surface area contributed by atoms with Crippen molar-refractivity contribution in [2.45, 2.75) is 39.5 Å². The Morgan fingerprint density at radius 2 is 1.94 bits per heavy atom. The summed E-state index contributed by atoms with van der Waals surface area (Å²) in [5.41, 5.74) is 0.251. The number of hydrogen-bond donors (Lipinski definition) is 1. The molecule has 0 aromatic rings. The van der Waals surface area contributed by atoms with Crippen LogP contribution in [0.4, 0.5) is 0 Å². The molecule has 0 unspecified atom stereocenters. The van der Waals surface area contributed by atoms with E-state index < -0.39 is 10.0 Å². The summed E-state index contributed by atoms with van der Waals surface area (Å²) in [5.74, 6) is 0.0733. The largest absolute Gasteiger partial charge is 0.396 e. The first-order chi connectivity index (χ1) is 7.37. The van der Waals surface area contributed by atoms with Crippen molar-refractivity contribution in [3.8, 4) is 0 Å². The van der Waals surface area contributed by atoms with Crippen LogP contribution in [-0.4, -0.2) is 43.3 Å². The predicted molar refractivity (Wildman–Crippen MR) is 64.7 cm³/mol. The molecule has 1 fully saturated rings. The van der Waals surface area contributed by atoms with Crippen LogP contribution in [0.1, 0.15) is 39.5 Å². The number of rotatable bonds is 4. The number of nitrogens with zero attached hydrogens (tertiary/aromatic N) is 1. The second-order valence-electron chi connectivity index (χ2n) is 5.31. The first-order valence-electron chi connectivity index (χ1n) is 5.96. The van der Waals surface area contributed by atoms with E-state index in [9.17, 15) is 8.42 Å². The first-order valence-corrected chi connectivity index (χ1v) is 7.57. The minimum absolute atomic E-state index is 0.0570. The molecule has 4 nitrogen and oxygen atoms in total. The number of hydrogen-bond acceptors (Lipinski definition) is 3. The second-order valence-corrected chi connectivity index (χ2v) is 7.40. The third-order valence-corrected chi connectivity index (χ3v) is 5.21. The molecule has 1 N–H and O–H groups in total. The predicted octanol–water partition coefficient (Wildman–Crippen LogP) is 1.21. The zero-order valence-electron chi connectivity index (χ0n) is 10.3. The molecule has 0 saturated carbocycles. The Hall–Kier alpha value is -0.130. The van der Waals surface area contributed by atoms with Crippen molar-refractivity contribution >= 4 is 10.0 Å². The van der Waals surface area contributed by atoms with Gasteiger partial charge in [0.05, 0.1) is 5.75 Å². The second kappa shape index (κ2) is 5.47. The highest BCUT2D eigenvalue weighted by molar-refractivity contribution is 7.89. The summed E-state index contributed by atoms with van der Waals surface area (Å²) in [6.07, 6.45) is 3.28. The van der Waals surface area contributed by atoms with Crippen LogP contribution < -0.4 is 0 Å². The van der Waals surface area contributed by atoms with Crippen LogP contribution in [0.3, 0.4) is 0 Å². The molecule has 16 heavy (non-hydrogen) atoms.